The molecular weight excluding hydrogens is 1090 g/mol. The molecule has 2 aromatic heterocycles. The number of benzene rings is 5. The van der Waals surface area contributed by atoms with Crippen LogP contribution < -0.4 is 10.7 Å². The van der Waals surface area contributed by atoms with Crippen molar-refractivity contribution in [2.24, 2.45) is 9.98 Å². The van der Waals surface area contributed by atoms with Gasteiger partial charge in [-0.1, -0.05) is 27.7 Å². The summed E-state index contributed by atoms with van der Waals surface area (Å²) in [5.41, 5.74) is 20.8. The molecule has 3 aliphatic rings. The molecule has 3 heterocycles. The average molecular weight is 1180 g/mol. The summed E-state index contributed by atoms with van der Waals surface area (Å²) in [6, 6.07) is 44.6. The average Bonchev–Trinajstić information content (AvgIpc) is 3.91. The van der Waals surface area contributed by atoms with E-state index in [9.17, 15) is 0 Å². The van der Waals surface area contributed by atoms with Crippen LogP contribution in [0.3, 0.4) is 0 Å². The van der Waals surface area contributed by atoms with E-state index in [0.29, 0.717) is 6.67 Å². The van der Waals surface area contributed by atoms with Gasteiger partial charge in [-0.3, -0.25) is 0 Å². The van der Waals surface area contributed by atoms with Crippen LogP contribution in [0.4, 0.5) is 0 Å². The molecule has 10 rings (SSSR count). The van der Waals surface area contributed by atoms with E-state index in [1.54, 1.807) is 22.3 Å². The van der Waals surface area contributed by atoms with Crippen LogP contribution in [0.25, 0.3) is 62.3 Å². The van der Waals surface area contributed by atoms with Crippen molar-refractivity contribution in [1.82, 2.24) is 0 Å². The van der Waals surface area contributed by atoms with Crippen molar-refractivity contribution >= 4 is 29.0 Å². The predicted molar refractivity (Wildman–Crippen MR) is 343 cm³/mol. The minimum absolute atomic E-state index is 0.0868. The monoisotopic (exact) mass is 1180 g/mol. The summed E-state index contributed by atoms with van der Waals surface area (Å²) in [6.45, 7) is 14.5. The van der Waals surface area contributed by atoms with Gasteiger partial charge in [0.05, 0.1) is 0 Å². The second-order valence-electron chi connectivity index (χ2n) is 24.5. The van der Waals surface area contributed by atoms with Crippen molar-refractivity contribution in [2.75, 3.05) is 6.67 Å². The second-order valence-corrected chi connectivity index (χ2v) is 29.0. The Morgan fingerprint density at radius 2 is 0.608 bits per heavy atom. The molecule has 5 aromatic carbocycles. The normalized spacial score (nSPS) is 14.2. The molecule has 4 heteroatoms. The number of hydrogen-bond acceptors (Lipinski definition) is 2. The van der Waals surface area contributed by atoms with Gasteiger partial charge in [0.2, 0.25) is 0 Å². The van der Waals surface area contributed by atoms with E-state index in [2.05, 4.69) is 151 Å². The van der Waals surface area contributed by atoms with Gasteiger partial charge in [0.15, 0.2) is 0 Å². The van der Waals surface area contributed by atoms with E-state index in [0.717, 1.165) is 10.7 Å². The Morgan fingerprint density at radius 3 is 0.962 bits per heavy atom. The first kappa shape index (κ1) is 57.9. The van der Waals surface area contributed by atoms with Gasteiger partial charge >= 0.3 is 466 Å². The van der Waals surface area contributed by atoms with E-state index in [4.69, 9.17) is 9.98 Å². The first-order chi connectivity index (χ1) is 38.8. The van der Waals surface area contributed by atoms with Gasteiger partial charge in [-0.25, -0.2) is 0 Å². The fraction of sp³-hybridized carbons (Fsp3) is 0.493. The third-order valence-corrected chi connectivity index (χ3v) is 23.7. The fourth-order valence-corrected chi connectivity index (χ4v) is 18.7. The molecule has 0 amide bonds. The van der Waals surface area contributed by atoms with Crippen molar-refractivity contribution < 1.29 is 0 Å². The van der Waals surface area contributed by atoms with Crippen molar-refractivity contribution in [2.45, 2.75) is 232 Å². The summed E-state index contributed by atoms with van der Waals surface area (Å²) in [7, 11) is 0. The number of aryl methyl sites for hydroxylation is 2. The molecule has 2 nitrogen and oxygen atoms in total. The quantitative estimate of drug-likeness (QED) is 0.0297. The van der Waals surface area contributed by atoms with Gasteiger partial charge in [0, 0.05) is 0 Å². The fourth-order valence-electron chi connectivity index (χ4n) is 14.4. The van der Waals surface area contributed by atoms with Gasteiger partial charge in [-0.05, 0) is 0 Å². The van der Waals surface area contributed by atoms with E-state index >= 15 is 0 Å². The molecule has 1 aliphatic heterocycles. The van der Waals surface area contributed by atoms with Crippen LogP contribution in [-0.4, -0.2) is 35.7 Å². The number of fused-ring (bicyclic) bond motifs is 7. The molecule has 79 heavy (non-hydrogen) atoms. The van der Waals surface area contributed by atoms with E-state index in [-0.39, 0.29) is 39.8 Å². The van der Waals surface area contributed by atoms with Crippen molar-refractivity contribution in [3.63, 3.8) is 0 Å². The van der Waals surface area contributed by atoms with Crippen molar-refractivity contribution in [3.8, 4) is 62.3 Å². The van der Waals surface area contributed by atoms with Gasteiger partial charge in [-0.2, -0.15) is 0 Å². The molecule has 2 aliphatic carbocycles. The standard InChI is InChI=1S/C75H94N2Se2/c1-7-11-15-19-23-27-45-74(46-28-24-20-16-12-8-2)64-49-54(5)31-35-58(64)60-37-33-56(51-66(60)74)68-41-43-70(78-68)62-39-40-63(73-72(62)76-53-77-73)71-44-42-69(79-71)57-34-38-61-59-36-32-55(6)50-65(59)75(67(61)52-57,47-29-25-21-17-13-9-3)48-30-26-22-18-14-10-4/h31-44,49-52H,7-30,45-48,53H2,1-6H3. The van der Waals surface area contributed by atoms with Gasteiger partial charge in [0.25, 0.3) is 0 Å². The molecule has 0 fully saturated rings. The zero-order valence-corrected chi connectivity index (χ0v) is 53.0. The predicted octanol–water partition coefficient (Wildman–Crippen LogP) is 20.8. The van der Waals surface area contributed by atoms with E-state index in [1.165, 1.54) is 253 Å². The summed E-state index contributed by atoms with van der Waals surface area (Å²) in [5.74, 6) is 0. The van der Waals surface area contributed by atoms with Crippen LogP contribution in [0, 0.1) is 13.8 Å². The molecule has 7 aromatic rings. The van der Waals surface area contributed by atoms with Crippen LogP contribution >= 0.6 is 0 Å². The summed E-state index contributed by atoms with van der Waals surface area (Å²) >= 11 is 0.336. The maximum atomic E-state index is 5.16. The molecule has 0 radical (unpaired) electrons. The number of nitrogens with zero attached hydrogens (tertiary/aromatic N) is 2. The van der Waals surface area contributed by atoms with Crippen LogP contribution in [0.5, 0.6) is 0 Å². The minimum atomic E-state index is 0.0868. The number of hydrogen-bond donors (Lipinski definition) is 0. The molecule has 0 saturated heterocycles. The van der Waals surface area contributed by atoms with Crippen LogP contribution in [-0.2, 0) is 10.8 Å². The van der Waals surface area contributed by atoms with Crippen molar-refractivity contribution in [1.29, 1.82) is 0 Å². The van der Waals surface area contributed by atoms with Gasteiger partial charge in [0.1, 0.15) is 0 Å². The molecule has 0 saturated carbocycles. The Balaban J connectivity index is 0.929. The van der Waals surface area contributed by atoms with Crippen LogP contribution in [0.1, 0.15) is 241 Å². The Kier molecular flexibility index (Phi) is 20.3. The zero-order chi connectivity index (χ0) is 54.6. The second kappa shape index (κ2) is 27.6. The Bertz CT molecular complexity index is 3020. The topological polar surface area (TPSA) is 24.7 Å². The zero-order valence-electron chi connectivity index (χ0n) is 49.6. The number of rotatable bonds is 32. The summed E-state index contributed by atoms with van der Waals surface area (Å²) in [4.78, 5) is 10.3. The van der Waals surface area contributed by atoms with Crippen LogP contribution in [0.15, 0.2) is 119 Å². The Labute approximate surface area is 490 Å². The van der Waals surface area contributed by atoms with Gasteiger partial charge < -0.3 is 0 Å². The van der Waals surface area contributed by atoms with Crippen LogP contribution in [0.2, 0.25) is 0 Å². The van der Waals surface area contributed by atoms with E-state index in [1.807, 2.05) is 0 Å². The molecule has 0 spiro atoms. The van der Waals surface area contributed by atoms with Gasteiger partial charge in [-0.15, -0.1) is 0 Å². The molecule has 0 N–H and O–H groups in total. The molecular formula is C75H94N2Se2. The SMILES string of the molecule is CCCCCCCCC1(CCCCCCCC)c2cc(C)ccc2-c2ccc(-c3ccc(-c4ccc(-c5ccc(-c6ccc7c(c6)C(CCCCCCCC)(CCCCCCCC)c6cc(C)ccc6-7)[se]5)c5c4=NCN=5)[se]3)cc21. The third kappa shape index (κ3) is 12.7. The van der Waals surface area contributed by atoms with Crippen molar-refractivity contribution in [3.05, 3.63) is 153 Å². The molecule has 0 bridgehead atoms. The Morgan fingerprint density at radius 1 is 0.316 bits per heavy atom. The summed E-state index contributed by atoms with van der Waals surface area (Å²) in [6.07, 6.45) is 37.3. The molecule has 0 atom stereocenters. The summed E-state index contributed by atoms with van der Waals surface area (Å²) < 4.78 is 5.84. The Hall–Kier alpha value is -4.30. The third-order valence-electron chi connectivity index (χ3n) is 18.8. The van der Waals surface area contributed by atoms with E-state index < -0.39 is 0 Å². The maximum absolute atomic E-state index is 5.16. The first-order valence-corrected chi connectivity index (χ1v) is 35.5. The molecule has 0 unspecified atom stereocenters. The number of unbranched alkanes of at least 4 members (excludes halogenated alkanes) is 20. The first-order valence-electron chi connectivity index (χ1n) is 32.1. The molecule has 416 valence electrons. The summed E-state index contributed by atoms with van der Waals surface area (Å²) in [5, 5.41) is 2.23.